The van der Waals surface area contributed by atoms with Crippen LogP contribution in [0.2, 0.25) is 0 Å². The van der Waals surface area contributed by atoms with E-state index in [2.05, 4.69) is 10.6 Å². The maximum atomic E-state index is 12.4. The van der Waals surface area contributed by atoms with Crippen LogP contribution in [0.3, 0.4) is 0 Å². The SMILES string of the molecule is CCN1C[C@@H](C(=O)Nc2ccc(OC)cc2C(=O)NC)CC1=O. The zero-order chi connectivity index (χ0) is 17.0. The Kier molecular flexibility index (Phi) is 5.20. The predicted octanol–water partition coefficient (Wildman–Crippen LogP) is 0.862. The summed E-state index contributed by atoms with van der Waals surface area (Å²) in [5.41, 5.74) is 0.717. The Morgan fingerprint density at radius 3 is 2.70 bits per heavy atom. The van der Waals surface area contributed by atoms with E-state index in [-0.39, 0.29) is 24.1 Å². The van der Waals surface area contributed by atoms with Gasteiger partial charge in [-0.25, -0.2) is 0 Å². The van der Waals surface area contributed by atoms with Gasteiger partial charge in [-0.3, -0.25) is 14.4 Å². The summed E-state index contributed by atoms with van der Waals surface area (Å²) in [6.45, 7) is 2.88. The lowest BCUT2D eigenvalue weighted by atomic mass is 10.1. The van der Waals surface area contributed by atoms with Crippen molar-refractivity contribution in [2.75, 3.05) is 32.6 Å². The molecule has 0 bridgehead atoms. The molecule has 0 unspecified atom stereocenters. The van der Waals surface area contributed by atoms with E-state index in [0.29, 0.717) is 30.1 Å². The fourth-order valence-corrected chi connectivity index (χ4v) is 2.57. The molecule has 1 aliphatic heterocycles. The molecule has 3 amide bonds. The van der Waals surface area contributed by atoms with E-state index in [1.807, 2.05) is 6.92 Å². The van der Waals surface area contributed by atoms with E-state index in [0.717, 1.165) is 0 Å². The van der Waals surface area contributed by atoms with E-state index in [4.69, 9.17) is 4.74 Å². The molecular weight excluding hydrogens is 298 g/mol. The minimum Gasteiger partial charge on any atom is -0.497 e. The highest BCUT2D eigenvalue weighted by Gasteiger charge is 2.33. The maximum absolute atomic E-state index is 12.4. The number of likely N-dealkylation sites (tertiary alicyclic amines) is 1. The molecule has 2 N–H and O–H groups in total. The van der Waals surface area contributed by atoms with Gasteiger partial charge in [-0.1, -0.05) is 0 Å². The van der Waals surface area contributed by atoms with Crippen molar-refractivity contribution in [1.29, 1.82) is 0 Å². The minimum absolute atomic E-state index is 0.0195. The van der Waals surface area contributed by atoms with Crippen LogP contribution in [0.5, 0.6) is 5.75 Å². The van der Waals surface area contributed by atoms with Gasteiger partial charge in [-0.15, -0.1) is 0 Å². The minimum atomic E-state index is -0.401. The molecule has 0 saturated carbocycles. The highest BCUT2D eigenvalue weighted by molar-refractivity contribution is 6.05. The van der Waals surface area contributed by atoms with Crippen molar-refractivity contribution in [1.82, 2.24) is 10.2 Å². The van der Waals surface area contributed by atoms with E-state index in [1.54, 1.807) is 23.1 Å². The molecule has 1 aliphatic rings. The molecule has 1 saturated heterocycles. The third-order valence-corrected chi connectivity index (χ3v) is 3.92. The number of carbonyl (C=O) groups excluding carboxylic acids is 3. The van der Waals surface area contributed by atoms with E-state index in [1.165, 1.54) is 14.2 Å². The monoisotopic (exact) mass is 319 g/mol. The molecular formula is C16H21N3O4. The van der Waals surface area contributed by atoms with Crippen LogP contribution in [0.1, 0.15) is 23.7 Å². The van der Waals surface area contributed by atoms with Gasteiger partial charge in [0.2, 0.25) is 11.8 Å². The van der Waals surface area contributed by atoms with Crippen LogP contribution in [0.4, 0.5) is 5.69 Å². The van der Waals surface area contributed by atoms with E-state index in [9.17, 15) is 14.4 Å². The van der Waals surface area contributed by atoms with Crippen molar-refractivity contribution < 1.29 is 19.1 Å². The molecule has 1 fully saturated rings. The number of benzene rings is 1. The summed E-state index contributed by atoms with van der Waals surface area (Å²) in [5.74, 6) is -0.479. The lowest BCUT2D eigenvalue weighted by Gasteiger charge is -2.15. The average molecular weight is 319 g/mol. The first kappa shape index (κ1) is 16.8. The Morgan fingerprint density at radius 1 is 1.39 bits per heavy atom. The number of nitrogens with zero attached hydrogens (tertiary/aromatic N) is 1. The van der Waals surface area contributed by atoms with Crippen molar-refractivity contribution in [3.63, 3.8) is 0 Å². The van der Waals surface area contributed by atoms with Crippen LogP contribution in [0.15, 0.2) is 18.2 Å². The highest BCUT2D eigenvalue weighted by Crippen LogP contribution is 2.24. The van der Waals surface area contributed by atoms with Gasteiger partial charge in [-0.2, -0.15) is 0 Å². The van der Waals surface area contributed by atoms with Crippen molar-refractivity contribution in [2.45, 2.75) is 13.3 Å². The molecule has 7 heteroatoms. The summed E-state index contributed by atoms with van der Waals surface area (Å²) in [6.07, 6.45) is 0.200. The number of amides is 3. The summed E-state index contributed by atoms with van der Waals surface area (Å²) in [7, 11) is 3.02. The number of hydrogen-bond acceptors (Lipinski definition) is 4. The molecule has 0 aromatic heterocycles. The van der Waals surface area contributed by atoms with E-state index < -0.39 is 5.92 Å². The Morgan fingerprint density at radius 2 is 2.13 bits per heavy atom. The lowest BCUT2D eigenvalue weighted by molar-refractivity contribution is -0.128. The van der Waals surface area contributed by atoms with Gasteiger partial charge in [0.25, 0.3) is 5.91 Å². The molecule has 124 valence electrons. The van der Waals surface area contributed by atoms with Crippen molar-refractivity contribution >= 4 is 23.4 Å². The number of rotatable bonds is 5. The topological polar surface area (TPSA) is 87.7 Å². The molecule has 1 heterocycles. The Balaban J connectivity index is 2.18. The van der Waals surface area contributed by atoms with Crippen LogP contribution in [-0.4, -0.2) is 49.9 Å². The predicted molar refractivity (Wildman–Crippen MR) is 85.4 cm³/mol. The van der Waals surface area contributed by atoms with Crippen molar-refractivity contribution in [2.24, 2.45) is 5.92 Å². The molecule has 0 radical (unpaired) electrons. The van der Waals surface area contributed by atoms with Gasteiger partial charge in [0, 0.05) is 26.6 Å². The van der Waals surface area contributed by atoms with Gasteiger partial charge in [0.15, 0.2) is 0 Å². The first-order chi connectivity index (χ1) is 11.0. The zero-order valence-corrected chi connectivity index (χ0v) is 13.5. The summed E-state index contributed by atoms with van der Waals surface area (Å²) >= 11 is 0. The van der Waals surface area contributed by atoms with Crippen molar-refractivity contribution in [3.8, 4) is 5.75 Å². The number of nitrogens with one attached hydrogen (secondary N) is 2. The summed E-state index contributed by atoms with van der Waals surface area (Å²) < 4.78 is 5.11. The lowest BCUT2D eigenvalue weighted by Crippen LogP contribution is -2.29. The fourth-order valence-electron chi connectivity index (χ4n) is 2.57. The van der Waals surface area contributed by atoms with Crippen LogP contribution in [0.25, 0.3) is 0 Å². The Labute approximate surface area is 135 Å². The standard InChI is InChI=1S/C16H21N3O4/c1-4-19-9-10(7-14(19)20)15(21)18-13-6-5-11(23-3)8-12(13)16(22)17-2/h5-6,8,10H,4,7,9H2,1-3H3,(H,17,22)(H,18,21)/t10-/m0/s1. The second-order valence-electron chi connectivity index (χ2n) is 5.31. The van der Waals surface area contributed by atoms with Crippen LogP contribution in [-0.2, 0) is 9.59 Å². The third-order valence-electron chi connectivity index (χ3n) is 3.92. The van der Waals surface area contributed by atoms with Crippen molar-refractivity contribution in [3.05, 3.63) is 23.8 Å². The average Bonchev–Trinajstić information content (AvgIpc) is 2.95. The van der Waals surface area contributed by atoms with Crippen LogP contribution >= 0.6 is 0 Å². The number of hydrogen-bond donors (Lipinski definition) is 2. The first-order valence-electron chi connectivity index (χ1n) is 7.48. The molecule has 0 spiro atoms. The van der Waals surface area contributed by atoms with Gasteiger partial charge in [0.05, 0.1) is 24.3 Å². The molecule has 23 heavy (non-hydrogen) atoms. The zero-order valence-electron chi connectivity index (χ0n) is 13.5. The number of ether oxygens (including phenoxy) is 1. The molecule has 0 aliphatic carbocycles. The quantitative estimate of drug-likeness (QED) is 0.843. The number of methoxy groups -OCH3 is 1. The summed E-state index contributed by atoms with van der Waals surface area (Å²) in [4.78, 5) is 37.8. The van der Waals surface area contributed by atoms with Gasteiger partial charge in [0.1, 0.15) is 5.75 Å². The van der Waals surface area contributed by atoms with Gasteiger partial charge < -0.3 is 20.3 Å². The largest absolute Gasteiger partial charge is 0.497 e. The molecule has 1 aromatic carbocycles. The second-order valence-corrected chi connectivity index (χ2v) is 5.31. The van der Waals surface area contributed by atoms with Gasteiger partial charge >= 0.3 is 0 Å². The molecule has 7 nitrogen and oxygen atoms in total. The second kappa shape index (κ2) is 7.13. The maximum Gasteiger partial charge on any atom is 0.253 e. The summed E-state index contributed by atoms with van der Waals surface area (Å²) in [6, 6.07) is 4.85. The normalized spacial score (nSPS) is 17.1. The molecule has 1 aromatic rings. The summed E-state index contributed by atoms with van der Waals surface area (Å²) in [5, 5.41) is 5.28. The fraction of sp³-hybridized carbons (Fsp3) is 0.438. The third kappa shape index (κ3) is 3.61. The molecule has 2 rings (SSSR count). The highest BCUT2D eigenvalue weighted by atomic mass is 16.5. The molecule has 1 atom stereocenters. The Hall–Kier alpha value is -2.57. The van der Waals surface area contributed by atoms with Crippen LogP contribution < -0.4 is 15.4 Å². The first-order valence-corrected chi connectivity index (χ1v) is 7.48. The number of anilines is 1. The van der Waals surface area contributed by atoms with E-state index >= 15 is 0 Å². The Bertz CT molecular complexity index is 630. The number of carbonyl (C=O) groups is 3. The van der Waals surface area contributed by atoms with Gasteiger partial charge in [-0.05, 0) is 25.1 Å². The van der Waals surface area contributed by atoms with Crippen LogP contribution in [0, 0.1) is 5.92 Å². The smallest absolute Gasteiger partial charge is 0.253 e.